The fraction of sp³-hybridized carbons (Fsp3) is 0.727. The van der Waals surface area contributed by atoms with Crippen LogP contribution in [0.4, 0.5) is 0 Å². The highest BCUT2D eigenvalue weighted by atomic mass is 35.5. The van der Waals surface area contributed by atoms with Crippen molar-refractivity contribution in [1.29, 1.82) is 0 Å². The summed E-state index contributed by atoms with van der Waals surface area (Å²) in [4.78, 5) is 21.6. The topological polar surface area (TPSA) is 30.0 Å². The summed E-state index contributed by atoms with van der Waals surface area (Å²) >= 11 is 11.3. The number of nitrogens with zero attached hydrogens (tertiary/aromatic N) is 4. The van der Waals surface area contributed by atoms with E-state index < -0.39 is 0 Å². The lowest BCUT2D eigenvalue weighted by Crippen LogP contribution is -2.52. The molecule has 3 heterocycles. The number of piperidine rings is 2. The molecule has 5 nitrogen and oxygen atoms in total. The fourth-order valence-electron chi connectivity index (χ4n) is 5.80. The average Bonchev–Trinajstić information content (AvgIpc) is 2.98. The van der Waals surface area contributed by atoms with Crippen LogP contribution in [0.2, 0.25) is 10.0 Å². The number of amides is 1. The van der Waals surface area contributed by atoms with Crippen molar-refractivity contribution >= 4 is 29.1 Å². The standard InChI is InChI=1S/C22H40N4O.C7H6Cl2.2C2H6/c1-4-6-19(2)24-15-13-23(14-16-24)17-21-7-5-10-26(18-21)22-8-11-25(12-9-22)20(3)27;1-5-2-3-6(8)7(9)4-5;2*1-2/h6,21-22H,4-5,7-18H2,1-3H3;2-4H,1H3;2*1-2H3/b19-6-;;;/t21-;;;/m0.../s1. The SMILES string of the molecule is CC.CC.CC/C=C(/C)N1CCN(C[C@@H]2CCCN(C3CCN(C(C)=O)CC3)C2)CC1.Cc1ccc(Cl)c(Cl)c1. The van der Waals surface area contributed by atoms with Gasteiger partial charge in [-0.3, -0.25) is 14.6 Å². The van der Waals surface area contributed by atoms with E-state index in [1.165, 1.54) is 64.4 Å². The van der Waals surface area contributed by atoms with Crippen LogP contribution in [-0.2, 0) is 4.79 Å². The summed E-state index contributed by atoms with van der Waals surface area (Å²) in [6.45, 7) is 26.6. The molecule has 3 aliphatic heterocycles. The Labute approximate surface area is 256 Å². The molecule has 230 valence electrons. The summed E-state index contributed by atoms with van der Waals surface area (Å²) in [5, 5.41) is 1.24. The van der Waals surface area contributed by atoms with Crippen LogP contribution in [0.25, 0.3) is 0 Å². The molecular formula is C33H58Cl2N4O. The molecule has 0 unspecified atom stereocenters. The minimum Gasteiger partial charge on any atom is -0.373 e. The summed E-state index contributed by atoms with van der Waals surface area (Å²) in [5.41, 5.74) is 2.59. The maximum atomic E-state index is 11.6. The number of likely N-dealkylation sites (tertiary alicyclic amines) is 2. The number of hydrogen-bond donors (Lipinski definition) is 0. The number of piperazine rings is 1. The molecule has 1 atom stereocenters. The number of carbonyl (C=O) groups is 1. The minimum absolute atomic E-state index is 0.244. The highest BCUT2D eigenvalue weighted by molar-refractivity contribution is 6.42. The zero-order chi connectivity index (χ0) is 30.1. The van der Waals surface area contributed by atoms with Gasteiger partial charge in [0, 0.05) is 71.0 Å². The molecule has 1 aromatic carbocycles. The van der Waals surface area contributed by atoms with Crippen molar-refractivity contribution < 1.29 is 4.79 Å². The summed E-state index contributed by atoms with van der Waals surface area (Å²) in [5.74, 6) is 1.07. The third kappa shape index (κ3) is 12.7. The van der Waals surface area contributed by atoms with Gasteiger partial charge in [-0.1, -0.05) is 70.0 Å². The van der Waals surface area contributed by atoms with Gasteiger partial charge >= 0.3 is 0 Å². The lowest BCUT2D eigenvalue weighted by Gasteiger charge is -2.44. The highest BCUT2D eigenvalue weighted by Gasteiger charge is 2.30. The first-order chi connectivity index (χ1) is 19.3. The molecule has 4 rings (SSSR count). The normalized spacial score (nSPS) is 20.9. The van der Waals surface area contributed by atoms with Gasteiger partial charge in [0.2, 0.25) is 5.91 Å². The van der Waals surface area contributed by atoms with Crippen LogP contribution < -0.4 is 0 Å². The van der Waals surface area contributed by atoms with Gasteiger partial charge in [0.15, 0.2) is 0 Å². The fourth-order valence-corrected chi connectivity index (χ4v) is 6.15. The molecule has 0 N–H and O–H groups in total. The number of allylic oxidation sites excluding steroid dienone is 2. The van der Waals surface area contributed by atoms with Crippen LogP contribution in [0.5, 0.6) is 0 Å². The van der Waals surface area contributed by atoms with Gasteiger partial charge in [-0.2, -0.15) is 0 Å². The number of benzene rings is 1. The predicted octanol–water partition coefficient (Wildman–Crippen LogP) is 7.99. The van der Waals surface area contributed by atoms with Crippen molar-refractivity contribution in [1.82, 2.24) is 19.6 Å². The van der Waals surface area contributed by atoms with E-state index in [1.807, 2.05) is 51.7 Å². The average molecular weight is 598 g/mol. The molecule has 0 bridgehead atoms. The van der Waals surface area contributed by atoms with Crippen molar-refractivity contribution in [3.8, 4) is 0 Å². The van der Waals surface area contributed by atoms with Crippen molar-refractivity contribution in [2.75, 3.05) is 58.9 Å². The first-order valence-electron chi connectivity index (χ1n) is 15.8. The highest BCUT2D eigenvalue weighted by Crippen LogP contribution is 2.25. The summed E-state index contributed by atoms with van der Waals surface area (Å²) in [7, 11) is 0. The molecule has 0 spiro atoms. The molecule has 1 aromatic rings. The minimum atomic E-state index is 0.244. The molecule has 0 saturated carbocycles. The first kappa shape index (κ1) is 36.8. The third-order valence-electron chi connectivity index (χ3n) is 7.94. The Morgan fingerprint density at radius 3 is 2.02 bits per heavy atom. The number of carbonyl (C=O) groups excluding carboxylic acids is 1. The molecule has 0 radical (unpaired) electrons. The lowest BCUT2D eigenvalue weighted by molar-refractivity contribution is -0.130. The Bertz CT molecular complexity index is 862. The smallest absolute Gasteiger partial charge is 0.219 e. The Morgan fingerprint density at radius 2 is 1.50 bits per heavy atom. The quantitative estimate of drug-likeness (QED) is 0.344. The molecule has 3 fully saturated rings. The maximum Gasteiger partial charge on any atom is 0.219 e. The van der Waals surface area contributed by atoms with Crippen LogP contribution in [0.3, 0.4) is 0 Å². The van der Waals surface area contributed by atoms with Crippen molar-refractivity contribution in [3.05, 3.63) is 45.6 Å². The van der Waals surface area contributed by atoms with Gasteiger partial charge in [-0.25, -0.2) is 0 Å². The van der Waals surface area contributed by atoms with E-state index in [9.17, 15) is 4.79 Å². The Morgan fingerprint density at radius 1 is 0.875 bits per heavy atom. The van der Waals surface area contributed by atoms with E-state index in [-0.39, 0.29) is 5.91 Å². The summed E-state index contributed by atoms with van der Waals surface area (Å²) in [6.07, 6.45) is 8.54. The van der Waals surface area contributed by atoms with Crippen LogP contribution in [0, 0.1) is 12.8 Å². The molecule has 3 aliphatic rings. The van der Waals surface area contributed by atoms with E-state index in [1.54, 1.807) is 13.0 Å². The Kier molecular flexibility index (Phi) is 18.9. The Balaban J connectivity index is 0.000000515. The van der Waals surface area contributed by atoms with Gasteiger partial charge in [0.25, 0.3) is 0 Å². The molecule has 0 aliphatic carbocycles. The van der Waals surface area contributed by atoms with Crippen LogP contribution in [-0.4, -0.2) is 90.5 Å². The number of halogens is 2. The second kappa shape index (κ2) is 20.6. The third-order valence-corrected chi connectivity index (χ3v) is 8.68. The molecule has 1 amide bonds. The van der Waals surface area contributed by atoms with E-state index in [0.29, 0.717) is 16.1 Å². The number of aryl methyl sites for hydroxylation is 1. The molecular weight excluding hydrogens is 539 g/mol. The van der Waals surface area contributed by atoms with Crippen LogP contribution in [0.15, 0.2) is 30.0 Å². The monoisotopic (exact) mass is 596 g/mol. The lowest BCUT2D eigenvalue weighted by atomic mass is 9.93. The maximum absolute atomic E-state index is 11.6. The largest absolute Gasteiger partial charge is 0.373 e. The number of rotatable bonds is 5. The predicted molar refractivity (Wildman–Crippen MR) is 176 cm³/mol. The van der Waals surface area contributed by atoms with Crippen LogP contribution >= 0.6 is 23.2 Å². The second-order valence-electron chi connectivity index (χ2n) is 10.7. The van der Waals surface area contributed by atoms with Crippen molar-refractivity contribution in [2.45, 2.75) is 93.5 Å². The zero-order valence-corrected chi connectivity index (χ0v) is 28.3. The van der Waals surface area contributed by atoms with Gasteiger partial charge in [0.1, 0.15) is 0 Å². The Hall–Kier alpha value is -1.27. The molecule has 3 saturated heterocycles. The summed E-state index contributed by atoms with van der Waals surface area (Å²) in [6, 6.07) is 6.25. The van der Waals surface area contributed by atoms with E-state index in [4.69, 9.17) is 23.2 Å². The van der Waals surface area contributed by atoms with E-state index >= 15 is 0 Å². The van der Waals surface area contributed by atoms with E-state index in [0.717, 1.165) is 43.8 Å². The summed E-state index contributed by atoms with van der Waals surface area (Å²) < 4.78 is 0. The molecule has 40 heavy (non-hydrogen) atoms. The first-order valence-corrected chi connectivity index (χ1v) is 16.6. The number of hydrogen-bond acceptors (Lipinski definition) is 4. The van der Waals surface area contributed by atoms with Crippen molar-refractivity contribution in [3.63, 3.8) is 0 Å². The van der Waals surface area contributed by atoms with Gasteiger partial charge < -0.3 is 9.80 Å². The van der Waals surface area contributed by atoms with Gasteiger partial charge in [-0.15, -0.1) is 0 Å². The molecule has 0 aromatic heterocycles. The van der Waals surface area contributed by atoms with E-state index in [2.05, 4.69) is 34.6 Å². The second-order valence-corrected chi connectivity index (χ2v) is 11.5. The van der Waals surface area contributed by atoms with Gasteiger partial charge in [-0.05, 0) is 76.1 Å². The van der Waals surface area contributed by atoms with Crippen molar-refractivity contribution in [2.24, 2.45) is 5.92 Å². The molecule has 7 heteroatoms. The van der Waals surface area contributed by atoms with Crippen LogP contribution in [0.1, 0.15) is 86.1 Å². The van der Waals surface area contributed by atoms with Gasteiger partial charge in [0.05, 0.1) is 10.0 Å². The zero-order valence-electron chi connectivity index (χ0n) is 26.8.